The highest BCUT2D eigenvalue weighted by Gasteiger charge is 2.29. The Balaban J connectivity index is 1.86. The molecule has 3 rings (SSSR count). The number of benzene rings is 2. The molecule has 0 saturated heterocycles. The van der Waals surface area contributed by atoms with Crippen LogP contribution in [0.15, 0.2) is 59.1 Å². The normalized spacial score (nSPS) is 11.6. The molecule has 0 fully saturated rings. The molecule has 7 nitrogen and oxygen atoms in total. The van der Waals surface area contributed by atoms with E-state index in [1.807, 2.05) is 25.1 Å². The summed E-state index contributed by atoms with van der Waals surface area (Å²) >= 11 is 0. The molecule has 0 aliphatic heterocycles. The predicted molar refractivity (Wildman–Crippen MR) is 100 cm³/mol. The number of nitrogens with two attached hydrogens (primary N) is 1. The van der Waals surface area contributed by atoms with E-state index in [9.17, 15) is 9.59 Å². The number of aromatic nitrogens is 1. The van der Waals surface area contributed by atoms with Crippen molar-refractivity contribution in [2.75, 3.05) is 11.1 Å². The second kappa shape index (κ2) is 7.74. The maximum absolute atomic E-state index is 12.8. The van der Waals surface area contributed by atoms with Crippen molar-refractivity contribution in [3.63, 3.8) is 0 Å². The number of esters is 1. The highest BCUT2D eigenvalue weighted by molar-refractivity contribution is 6.00. The van der Waals surface area contributed by atoms with Crippen LogP contribution in [0.4, 0.5) is 11.6 Å². The van der Waals surface area contributed by atoms with Gasteiger partial charge in [-0.3, -0.25) is 4.79 Å². The Hall–Kier alpha value is -3.61. The van der Waals surface area contributed by atoms with E-state index in [1.54, 1.807) is 43.3 Å². The quantitative estimate of drug-likeness (QED) is 0.671. The Labute approximate surface area is 156 Å². The molecular formula is C20H19N3O4. The number of rotatable bonds is 5. The minimum Gasteiger partial charge on any atom is -0.443 e. The maximum atomic E-state index is 12.8. The zero-order valence-electron chi connectivity index (χ0n) is 14.9. The number of hydrogen-bond donors (Lipinski definition) is 2. The predicted octanol–water partition coefficient (Wildman–Crippen LogP) is 3.41. The zero-order valence-corrected chi connectivity index (χ0v) is 14.9. The van der Waals surface area contributed by atoms with Gasteiger partial charge in [0.05, 0.1) is 5.69 Å². The summed E-state index contributed by atoms with van der Waals surface area (Å²) in [5, 5.41) is 6.40. The molecule has 0 spiro atoms. The van der Waals surface area contributed by atoms with E-state index in [1.165, 1.54) is 0 Å². The van der Waals surface area contributed by atoms with Crippen LogP contribution < -0.4 is 11.1 Å². The summed E-state index contributed by atoms with van der Waals surface area (Å²) in [6.45, 7) is 3.52. The van der Waals surface area contributed by atoms with Crippen LogP contribution in [0, 0.1) is 13.8 Å². The summed E-state index contributed by atoms with van der Waals surface area (Å²) in [6.07, 6.45) is -1.16. The van der Waals surface area contributed by atoms with Crippen LogP contribution in [-0.4, -0.2) is 17.0 Å². The molecule has 1 atom stereocenters. The molecule has 0 unspecified atom stereocenters. The van der Waals surface area contributed by atoms with E-state index < -0.39 is 18.0 Å². The summed E-state index contributed by atoms with van der Waals surface area (Å²) < 4.78 is 10.3. The largest absolute Gasteiger partial charge is 0.443 e. The molecule has 0 bridgehead atoms. The Kier molecular flexibility index (Phi) is 5.21. The fourth-order valence-electron chi connectivity index (χ4n) is 2.55. The van der Waals surface area contributed by atoms with Crippen LogP contribution in [0.2, 0.25) is 0 Å². The molecule has 3 N–H and O–H groups in total. The van der Waals surface area contributed by atoms with E-state index in [0.717, 1.165) is 5.56 Å². The van der Waals surface area contributed by atoms with Gasteiger partial charge in [-0.25, -0.2) is 4.79 Å². The number of hydrogen-bond acceptors (Lipinski definition) is 6. The van der Waals surface area contributed by atoms with Crippen LogP contribution >= 0.6 is 0 Å². The van der Waals surface area contributed by atoms with Crippen molar-refractivity contribution >= 4 is 23.4 Å². The van der Waals surface area contributed by atoms with Crippen LogP contribution in [0.5, 0.6) is 0 Å². The van der Waals surface area contributed by atoms with Gasteiger partial charge in [0.1, 0.15) is 5.56 Å². The Morgan fingerprint density at radius 1 is 1.07 bits per heavy atom. The molecule has 0 aliphatic carbocycles. The summed E-state index contributed by atoms with van der Waals surface area (Å²) in [7, 11) is 0. The van der Waals surface area contributed by atoms with Crippen molar-refractivity contribution < 1.29 is 18.8 Å². The second-order valence-electron chi connectivity index (χ2n) is 6.06. The topological polar surface area (TPSA) is 107 Å². The van der Waals surface area contributed by atoms with Gasteiger partial charge in [0.25, 0.3) is 5.91 Å². The fourth-order valence-corrected chi connectivity index (χ4v) is 2.55. The molecule has 1 aromatic heterocycles. The van der Waals surface area contributed by atoms with Crippen molar-refractivity contribution in [2.24, 2.45) is 0 Å². The van der Waals surface area contributed by atoms with Crippen LogP contribution in [0.25, 0.3) is 0 Å². The second-order valence-corrected chi connectivity index (χ2v) is 6.06. The van der Waals surface area contributed by atoms with Crippen LogP contribution in [0.3, 0.4) is 0 Å². The SMILES string of the molecule is Cc1ccc(NC(=O)[C@@H](OC(=O)c2c(C)noc2N)c2ccccc2)cc1. The minimum absolute atomic E-state index is 0.0130. The first-order chi connectivity index (χ1) is 13.0. The first-order valence-electron chi connectivity index (χ1n) is 8.31. The van der Waals surface area contributed by atoms with Gasteiger partial charge < -0.3 is 20.3 Å². The molecule has 27 heavy (non-hydrogen) atoms. The number of aryl methyl sites for hydroxylation is 2. The van der Waals surface area contributed by atoms with Crippen molar-refractivity contribution in [1.82, 2.24) is 5.16 Å². The molecule has 0 radical (unpaired) electrons. The summed E-state index contributed by atoms with van der Waals surface area (Å²) in [6, 6.07) is 16.0. The van der Waals surface area contributed by atoms with E-state index in [-0.39, 0.29) is 11.4 Å². The lowest BCUT2D eigenvalue weighted by Crippen LogP contribution is -2.26. The van der Waals surface area contributed by atoms with Gasteiger partial charge >= 0.3 is 5.97 Å². The van der Waals surface area contributed by atoms with Gasteiger partial charge in [0.15, 0.2) is 0 Å². The number of ether oxygens (including phenoxy) is 1. The van der Waals surface area contributed by atoms with Gasteiger partial charge in [0, 0.05) is 11.3 Å². The molecule has 1 heterocycles. The van der Waals surface area contributed by atoms with Crippen LogP contribution in [-0.2, 0) is 9.53 Å². The summed E-state index contributed by atoms with van der Waals surface area (Å²) in [5.41, 5.74) is 8.15. The smallest absolute Gasteiger partial charge is 0.346 e. The number of amides is 1. The third-order valence-electron chi connectivity index (χ3n) is 3.98. The van der Waals surface area contributed by atoms with E-state index in [4.69, 9.17) is 15.0 Å². The van der Waals surface area contributed by atoms with Gasteiger partial charge in [-0.15, -0.1) is 0 Å². The van der Waals surface area contributed by atoms with Gasteiger partial charge in [0.2, 0.25) is 12.0 Å². The first-order valence-corrected chi connectivity index (χ1v) is 8.31. The molecule has 3 aromatic rings. The number of carbonyl (C=O) groups is 2. The number of nitrogens with one attached hydrogen (secondary N) is 1. The monoisotopic (exact) mass is 365 g/mol. The molecule has 138 valence electrons. The third kappa shape index (κ3) is 4.14. The van der Waals surface area contributed by atoms with Gasteiger partial charge in [-0.05, 0) is 26.0 Å². The highest BCUT2D eigenvalue weighted by atomic mass is 16.6. The van der Waals surface area contributed by atoms with Crippen molar-refractivity contribution in [3.05, 3.63) is 77.0 Å². The van der Waals surface area contributed by atoms with Crippen molar-refractivity contribution in [2.45, 2.75) is 20.0 Å². The number of nitrogen functional groups attached to an aromatic ring is 1. The number of anilines is 2. The van der Waals surface area contributed by atoms with Crippen LogP contribution in [0.1, 0.15) is 33.3 Å². The van der Waals surface area contributed by atoms with E-state index in [0.29, 0.717) is 16.9 Å². The Morgan fingerprint density at radius 2 is 1.74 bits per heavy atom. The lowest BCUT2D eigenvalue weighted by atomic mass is 10.1. The minimum atomic E-state index is -1.16. The molecule has 7 heteroatoms. The average Bonchev–Trinajstić information content (AvgIpc) is 3.00. The van der Waals surface area contributed by atoms with E-state index in [2.05, 4.69) is 10.5 Å². The Bertz CT molecular complexity index is 930. The first kappa shape index (κ1) is 18.2. The number of carbonyl (C=O) groups excluding carboxylic acids is 2. The van der Waals surface area contributed by atoms with E-state index >= 15 is 0 Å². The standard InChI is InChI=1S/C20H19N3O4/c1-12-8-10-15(11-9-12)22-19(24)17(14-6-4-3-5-7-14)26-20(25)16-13(2)23-27-18(16)21/h3-11,17H,21H2,1-2H3,(H,22,24)/t17-/m0/s1. The van der Waals surface area contributed by atoms with Crippen molar-refractivity contribution in [3.8, 4) is 0 Å². The maximum Gasteiger partial charge on any atom is 0.346 e. The summed E-state index contributed by atoms with van der Waals surface area (Å²) in [4.78, 5) is 25.4. The molecule has 1 amide bonds. The Morgan fingerprint density at radius 3 is 2.33 bits per heavy atom. The van der Waals surface area contributed by atoms with Crippen molar-refractivity contribution in [1.29, 1.82) is 0 Å². The van der Waals surface area contributed by atoms with Gasteiger partial charge in [-0.2, -0.15) is 0 Å². The fraction of sp³-hybridized carbons (Fsp3) is 0.150. The molecule has 0 aliphatic rings. The highest BCUT2D eigenvalue weighted by Crippen LogP contribution is 2.24. The zero-order chi connectivity index (χ0) is 19.4. The lowest BCUT2D eigenvalue weighted by molar-refractivity contribution is -0.125. The lowest BCUT2D eigenvalue weighted by Gasteiger charge is -2.18. The number of nitrogens with zero attached hydrogens (tertiary/aromatic N) is 1. The van der Waals surface area contributed by atoms with Gasteiger partial charge in [-0.1, -0.05) is 53.2 Å². The molecular weight excluding hydrogens is 346 g/mol. The molecule has 0 saturated carbocycles. The molecule has 2 aromatic carbocycles. The summed E-state index contributed by atoms with van der Waals surface area (Å²) in [5.74, 6) is -1.41. The third-order valence-corrected chi connectivity index (χ3v) is 3.98. The average molecular weight is 365 g/mol.